The van der Waals surface area contributed by atoms with Gasteiger partial charge in [-0.3, -0.25) is 9.69 Å². The van der Waals surface area contributed by atoms with Gasteiger partial charge >= 0.3 is 12.0 Å². The molecule has 10 heteroatoms. The van der Waals surface area contributed by atoms with Gasteiger partial charge in [-0.25, -0.2) is 9.59 Å². The molecule has 3 heterocycles. The van der Waals surface area contributed by atoms with Crippen molar-refractivity contribution >= 4 is 29.5 Å². The highest BCUT2D eigenvalue weighted by molar-refractivity contribution is 6.30. The molecule has 0 aromatic heterocycles. The highest BCUT2D eigenvalue weighted by Crippen LogP contribution is 2.35. The number of hydrogen-bond acceptors (Lipinski definition) is 6. The van der Waals surface area contributed by atoms with Crippen LogP contribution in [0.25, 0.3) is 0 Å². The maximum atomic E-state index is 12.8. The second kappa shape index (κ2) is 8.08. The Hall–Kier alpha value is -3.72. The van der Waals surface area contributed by atoms with Crippen LogP contribution in [0.15, 0.2) is 53.7 Å². The van der Waals surface area contributed by atoms with Crippen molar-refractivity contribution < 1.29 is 28.6 Å². The monoisotopic (exact) mass is 455 g/mol. The van der Waals surface area contributed by atoms with E-state index in [1.165, 1.54) is 4.90 Å². The third kappa shape index (κ3) is 3.71. The zero-order chi connectivity index (χ0) is 22.2. The Labute approximate surface area is 187 Å². The number of nitrogens with zero attached hydrogens (tertiary/aromatic N) is 1. The molecule has 1 unspecified atom stereocenters. The van der Waals surface area contributed by atoms with Crippen molar-refractivity contribution in [3.05, 3.63) is 69.9 Å². The smallest absolute Gasteiger partial charge is 0.338 e. The average molecular weight is 456 g/mol. The fourth-order valence-electron chi connectivity index (χ4n) is 3.83. The molecule has 2 aromatic carbocycles. The van der Waals surface area contributed by atoms with Gasteiger partial charge in [0.1, 0.15) is 13.2 Å². The second-order valence-corrected chi connectivity index (χ2v) is 7.86. The van der Waals surface area contributed by atoms with Gasteiger partial charge in [-0.05, 0) is 35.4 Å². The summed E-state index contributed by atoms with van der Waals surface area (Å²) in [6.45, 7) is 0.102. The summed E-state index contributed by atoms with van der Waals surface area (Å²) in [7, 11) is 0. The SMILES string of the molecule is O=C(CN1C(=O)NC(c2ccc(Cl)cc2)C2=C1COC2=O)NCc1ccc2c(c1)OCO2. The first-order valence-corrected chi connectivity index (χ1v) is 10.3. The van der Waals surface area contributed by atoms with Crippen molar-refractivity contribution in [3.63, 3.8) is 0 Å². The van der Waals surface area contributed by atoms with Gasteiger partial charge in [-0.2, -0.15) is 0 Å². The standard InChI is InChI=1S/C22H18ClN3O6/c23-14-4-2-13(3-5-14)20-19-15(10-30-21(19)28)26(22(29)25-20)9-18(27)24-8-12-1-6-16-17(7-12)32-11-31-16/h1-7,20H,8-11H2,(H,24,27)(H,25,29). The number of hydrogen-bond donors (Lipinski definition) is 2. The number of amides is 3. The van der Waals surface area contributed by atoms with E-state index in [-0.39, 0.29) is 32.4 Å². The molecule has 0 saturated heterocycles. The zero-order valence-corrected chi connectivity index (χ0v) is 17.5. The number of carbonyl (C=O) groups is 3. The second-order valence-electron chi connectivity index (χ2n) is 7.42. The van der Waals surface area contributed by atoms with E-state index < -0.39 is 18.0 Å². The quantitative estimate of drug-likeness (QED) is 0.670. The molecule has 0 fully saturated rings. The third-order valence-electron chi connectivity index (χ3n) is 5.43. The van der Waals surface area contributed by atoms with Crippen LogP contribution in [0.1, 0.15) is 17.2 Å². The van der Waals surface area contributed by atoms with Crippen LogP contribution in [-0.4, -0.2) is 42.8 Å². The number of benzene rings is 2. The van der Waals surface area contributed by atoms with Crippen molar-refractivity contribution in [1.29, 1.82) is 0 Å². The Bertz CT molecular complexity index is 1150. The van der Waals surface area contributed by atoms with E-state index in [1.807, 2.05) is 6.07 Å². The number of esters is 1. The van der Waals surface area contributed by atoms with Gasteiger partial charge in [0.15, 0.2) is 11.5 Å². The summed E-state index contributed by atoms with van der Waals surface area (Å²) in [5.41, 5.74) is 2.22. The van der Waals surface area contributed by atoms with Crippen molar-refractivity contribution in [1.82, 2.24) is 15.5 Å². The highest BCUT2D eigenvalue weighted by Gasteiger charge is 2.42. The van der Waals surface area contributed by atoms with Crippen LogP contribution in [0.4, 0.5) is 4.79 Å². The minimum absolute atomic E-state index is 0.0683. The van der Waals surface area contributed by atoms with Crippen molar-refractivity contribution in [3.8, 4) is 11.5 Å². The van der Waals surface area contributed by atoms with Crippen LogP contribution in [0.5, 0.6) is 11.5 Å². The van der Waals surface area contributed by atoms with Crippen LogP contribution < -0.4 is 20.1 Å². The van der Waals surface area contributed by atoms with E-state index in [9.17, 15) is 14.4 Å². The molecule has 5 rings (SSSR count). The molecule has 9 nitrogen and oxygen atoms in total. The van der Waals surface area contributed by atoms with Crippen LogP contribution in [0.3, 0.4) is 0 Å². The van der Waals surface area contributed by atoms with Gasteiger partial charge in [0, 0.05) is 11.6 Å². The Morgan fingerprint density at radius 1 is 1.09 bits per heavy atom. The summed E-state index contributed by atoms with van der Waals surface area (Å²) in [6, 6.07) is 11.1. The summed E-state index contributed by atoms with van der Waals surface area (Å²) < 4.78 is 15.8. The molecule has 0 bridgehead atoms. The number of nitrogens with one attached hydrogen (secondary N) is 2. The lowest BCUT2D eigenvalue weighted by molar-refractivity contribution is -0.136. The van der Waals surface area contributed by atoms with Gasteiger partial charge in [0.25, 0.3) is 0 Å². The topological polar surface area (TPSA) is 106 Å². The molecule has 3 aliphatic heterocycles. The maximum Gasteiger partial charge on any atom is 0.338 e. The van der Waals surface area contributed by atoms with Gasteiger partial charge in [-0.1, -0.05) is 29.8 Å². The van der Waals surface area contributed by atoms with Gasteiger partial charge in [0.05, 0.1) is 17.3 Å². The molecule has 32 heavy (non-hydrogen) atoms. The van der Waals surface area contributed by atoms with Crippen molar-refractivity contribution in [2.24, 2.45) is 0 Å². The first-order chi connectivity index (χ1) is 15.5. The number of rotatable bonds is 5. The van der Waals surface area contributed by atoms with Crippen LogP contribution in [-0.2, 0) is 20.9 Å². The van der Waals surface area contributed by atoms with Crippen LogP contribution in [0.2, 0.25) is 5.02 Å². The Kier molecular flexibility index (Phi) is 5.10. The average Bonchev–Trinajstić information content (AvgIpc) is 3.41. The molecular weight excluding hydrogens is 438 g/mol. The molecule has 164 valence electrons. The molecular formula is C22H18ClN3O6. The number of fused-ring (bicyclic) bond motifs is 1. The molecule has 2 N–H and O–H groups in total. The summed E-state index contributed by atoms with van der Waals surface area (Å²) >= 11 is 5.94. The lowest BCUT2D eigenvalue weighted by Gasteiger charge is -2.32. The van der Waals surface area contributed by atoms with Crippen molar-refractivity contribution in [2.75, 3.05) is 19.9 Å². The molecule has 3 amide bonds. The first kappa shape index (κ1) is 20.2. The van der Waals surface area contributed by atoms with E-state index in [0.717, 1.165) is 5.56 Å². The molecule has 2 aromatic rings. The lowest BCUT2D eigenvalue weighted by Crippen LogP contribution is -2.50. The van der Waals surface area contributed by atoms with Gasteiger partial charge < -0.3 is 24.8 Å². The van der Waals surface area contributed by atoms with Crippen LogP contribution in [0, 0.1) is 0 Å². The summed E-state index contributed by atoms with van der Waals surface area (Å²) in [4.78, 5) is 39.0. The molecule has 0 radical (unpaired) electrons. The summed E-state index contributed by atoms with van der Waals surface area (Å²) in [5.74, 6) is 0.377. The first-order valence-electron chi connectivity index (χ1n) is 9.88. The zero-order valence-electron chi connectivity index (χ0n) is 16.7. The number of urea groups is 1. The predicted molar refractivity (Wildman–Crippen MR) is 112 cm³/mol. The Morgan fingerprint density at radius 2 is 1.88 bits per heavy atom. The maximum absolute atomic E-state index is 12.8. The van der Waals surface area contributed by atoms with E-state index in [1.54, 1.807) is 36.4 Å². The molecule has 0 saturated carbocycles. The molecule has 0 spiro atoms. The van der Waals surface area contributed by atoms with Crippen molar-refractivity contribution in [2.45, 2.75) is 12.6 Å². The normalized spacial score (nSPS) is 18.9. The molecule has 0 aliphatic carbocycles. The minimum atomic E-state index is -0.669. The third-order valence-corrected chi connectivity index (χ3v) is 5.68. The van der Waals surface area contributed by atoms with Gasteiger partial charge in [-0.15, -0.1) is 0 Å². The lowest BCUT2D eigenvalue weighted by atomic mass is 9.96. The number of carbonyl (C=O) groups excluding carboxylic acids is 3. The van der Waals surface area contributed by atoms with Crippen LogP contribution >= 0.6 is 11.6 Å². The minimum Gasteiger partial charge on any atom is -0.456 e. The molecule has 1 atom stereocenters. The predicted octanol–water partition coefficient (Wildman–Crippen LogP) is 2.26. The van der Waals surface area contributed by atoms with E-state index >= 15 is 0 Å². The fraction of sp³-hybridized carbons (Fsp3) is 0.227. The van der Waals surface area contributed by atoms with E-state index in [4.69, 9.17) is 25.8 Å². The van der Waals surface area contributed by atoms with Gasteiger partial charge in [0.2, 0.25) is 12.7 Å². The number of cyclic esters (lactones) is 1. The summed E-state index contributed by atoms with van der Waals surface area (Å²) in [6.07, 6.45) is 0. The number of halogens is 1. The fourth-order valence-corrected chi connectivity index (χ4v) is 3.96. The Balaban J connectivity index is 1.30. The Morgan fingerprint density at radius 3 is 2.69 bits per heavy atom. The van der Waals surface area contributed by atoms with E-state index in [0.29, 0.717) is 33.4 Å². The number of ether oxygens (including phenoxy) is 3. The highest BCUT2D eigenvalue weighted by atomic mass is 35.5. The largest absolute Gasteiger partial charge is 0.456 e. The molecule has 3 aliphatic rings. The van der Waals surface area contributed by atoms with E-state index in [2.05, 4.69) is 10.6 Å². The summed E-state index contributed by atoms with van der Waals surface area (Å²) in [5, 5.41) is 6.11.